The molecule has 1 nitrogen and oxygen atoms in total. The quantitative estimate of drug-likeness (QED) is 0.286. The van der Waals surface area contributed by atoms with Gasteiger partial charge in [0.1, 0.15) is 5.75 Å². The zero-order valence-corrected chi connectivity index (χ0v) is 17.7. The Morgan fingerprint density at radius 1 is 0.692 bits per heavy atom. The van der Waals surface area contributed by atoms with E-state index < -0.39 is 0 Å². The van der Waals surface area contributed by atoms with Crippen LogP contribution in [0.4, 0.5) is 0 Å². The van der Waals surface area contributed by atoms with Crippen molar-refractivity contribution in [3.63, 3.8) is 0 Å². The van der Waals surface area contributed by atoms with Gasteiger partial charge in [-0.1, -0.05) is 62.2 Å². The minimum absolute atomic E-state index is 0. The summed E-state index contributed by atoms with van der Waals surface area (Å²) in [6.07, 6.45) is 0. The molecule has 0 heterocycles. The molecule has 4 aromatic carbocycles. The Bertz CT molecular complexity index is 1120. The normalized spacial score (nSPS) is 10.8. The third-order valence-electron chi connectivity index (χ3n) is 4.60. The van der Waals surface area contributed by atoms with Crippen molar-refractivity contribution in [1.82, 2.24) is 0 Å². The predicted molar refractivity (Wildman–Crippen MR) is 119 cm³/mol. The monoisotopic (exact) mass is 465 g/mol. The molecule has 0 saturated heterocycles. The first-order valence-electron chi connectivity index (χ1n) is 8.04. The van der Waals surface area contributed by atoms with Gasteiger partial charge in [0.25, 0.3) is 0 Å². The molecule has 0 saturated carbocycles. The molecule has 0 aromatic heterocycles. The van der Waals surface area contributed by atoms with Gasteiger partial charge in [-0.25, -0.2) is 0 Å². The van der Waals surface area contributed by atoms with Gasteiger partial charge in [0.05, 0.1) is 7.11 Å². The first-order valence-corrected chi connectivity index (χ1v) is 9.62. The van der Waals surface area contributed by atoms with E-state index in [1.165, 1.54) is 32.7 Å². The topological polar surface area (TPSA) is 9.23 Å². The van der Waals surface area contributed by atoms with Crippen molar-refractivity contribution >= 4 is 61.8 Å². The number of halogens is 2. The van der Waals surface area contributed by atoms with Crippen molar-refractivity contribution in [2.75, 3.05) is 7.11 Å². The molecule has 3 radical (unpaired) electrons. The molecule has 4 rings (SSSR count). The van der Waals surface area contributed by atoms with E-state index in [9.17, 15) is 0 Å². The highest BCUT2D eigenvalue weighted by Gasteiger charge is 2.16. The minimum Gasteiger partial charge on any atom is -0.496 e. The fourth-order valence-corrected chi connectivity index (χ4v) is 4.21. The van der Waals surface area contributed by atoms with Gasteiger partial charge < -0.3 is 4.74 Å². The van der Waals surface area contributed by atoms with Gasteiger partial charge >= 0.3 is 0 Å². The molecule has 0 aliphatic carbocycles. The van der Waals surface area contributed by atoms with Crippen molar-refractivity contribution in [3.8, 4) is 16.9 Å². The van der Waals surface area contributed by atoms with Crippen molar-refractivity contribution in [1.29, 1.82) is 0 Å². The molecule has 4 heteroatoms. The average Bonchev–Trinajstić information content (AvgIpc) is 2.61. The van der Waals surface area contributed by atoms with E-state index in [0.29, 0.717) is 0 Å². The second-order valence-corrected chi connectivity index (χ2v) is 7.96. The summed E-state index contributed by atoms with van der Waals surface area (Å²) in [6, 6.07) is 21.4. The highest BCUT2D eigenvalue weighted by atomic mass is 79.9. The van der Waals surface area contributed by atoms with Crippen LogP contribution >= 0.6 is 31.9 Å². The Labute approximate surface area is 172 Å². The number of ether oxygens (including phenoxy) is 1. The Kier molecular flexibility index (Phi) is 5.45. The Morgan fingerprint density at radius 3 is 1.81 bits per heavy atom. The number of rotatable bonds is 2. The Morgan fingerprint density at radius 2 is 1.23 bits per heavy atom. The lowest BCUT2D eigenvalue weighted by atomic mass is 9.90. The van der Waals surface area contributed by atoms with Gasteiger partial charge in [-0.05, 0) is 69.9 Å². The van der Waals surface area contributed by atoms with E-state index >= 15 is 0 Å². The van der Waals surface area contributed by atoms with Gasteiger partial charge in [0.15, 0.2) is 0 Å². The van der Waals surface area contributed by atoms with Crippen molar-refractivity contribution in [2.45, 2.75) is 6.92 Å². The molecule has 0 N–H and O–H groups in total. The van der Waals surface area contributed by atoms with Crippen LogP contribution in [-0.4, -0.2) is 15.5 Å². The first kappa shape index (κ1) is 19.0. The van der Waals surface area contributed by atoms with E-state index in [4.69, 9.17) is 4.74 Å². The average molecular weight is 467 g/mol. The van der Waals surface area contributed by atoms with Gasteiger partial charge in [-0.3, -0.25) is 0 Å². The fraction of sp³-hybridized carbons (Fsp3) is 0.0909. The van der Waals surface area contributed by atoms with Crippen LogP contribution in [0.25, 0.3) is 32.7 Å². The summed E-state index contributed by atoms with van der Waals surface area (Å²) in [5, 5.41) is 4.84. The standard InChI is InChI=1S/C22H16Br2O.B/c1-13-3-4-14-11-16(23)6-8-18(14)21(13)22-19-9-7-17(24)12-15(19)5-10-20(22)25-2;/h3-12H,1-2H3;. The zero-order chi connectivity index (χ0) is 17.6. The van der Waals surface area contributed by atoms with E-state index in [0.717, 1.165) is 20.3 Å². The lowest BCUT2D eigenvalue weighted by Gasteiger charge is -2.17. The second-order valence-electron chi connectivity index (χ2n) is 6.13. The minimum atomic E-state index is 0. The molecule has 0 aliphatic heterocycles. The number of benzene rings is 4. The van der Waals surface area contributed by atoms with Crippen LogP contribution in [0, 0.1) is 6.92 Å². The van der Waals surface area contributed by atoms with Crippen LogP contribution in [-0.2, 0) is 0 Å². The van der Waals surface area contributed by atoms with Gasteiger partial charge in [-0.2, -0.15) is 0 Å². The predicted octanol–water partition coefficient (Wildman–Crippen LogP) is 7.12. The first-order chi connectivity index (χ1) is 12.1. The second kappa shape index (κ2) is 7.46. The maximum atomic E-state index is 5.74. The molecule has 0 atom stereocenters. The number of hydrogen-bond acceptors (Lipinski definition) is 1. The van der Waals surface area contributed by atoms with Gasteiger partial charge in [-0.15, -0.1) is 0 Å². The van der Waals surface area contributed by atoms with Crippen molar-refractivity contribution in [2.24, 2.45) is 0 Å². The Hall–Kier alpha value is -1.78. The molecule has 127 valence electrons. The zero-order valence-electron chi connectivity index (χ0n) is 14.5. The molecule has 0 bridgehead atoms. The molecule has 26 heavy (non-hydrogen) atoms. The lowest BCUT2D eigenvalue weighted by molar-refractivity contribution is 0.417. The molecular weight excluding hydrogens is 451 g/mol. The van der Waals surface area contributed by atoms with Crippen molar-refractivity contribution in [3.05, 3.63) is 75.2 Å². The maximum absolute atomic E-state index is 5.74. The molecule has 0 amide bonds. The molecule has 0 unspecified atom stereocenters. The van der Waals surface area contributed by atoms with Crippen LogP contribution in [0.5, 0.6) is 5.75 Å². The molecule has 0 spiro atoms. The number of hydrogen-bond donors (Lipinski definition) is 0. The Balaban J connectivity index is 0.00000196. The number of aryl methyl sites for hydroxylation is 1. The third-order valence-corrected chi connectivity index (χ3v) is 5.59. The largest absolute Gasteiger partial charge is 0.496 e. The summed E-state index contributed by atoms with van der Waals surface area (Å²) in [6.45, 7) is 2.16. The highest BCUT2D eigenvalue weighted by molar-refractivity contribution is 9.10. The third kappa shape index (κ3) is 3.17. The smallest absolute Gasteiger partial charge is 0.127 e. The van der Waals surface area contributed by atoms with Gasteiger partial charge in [0.2, 0.25) is 0 Å². The molecular formula is C22H16BBr2O. The summed E-state index contributed by atoms with van der Waals surface area (Å²) in [4.78, 5) is 0. The molecule has 0 aliphatic rings. The number of fused-ring (bicyclic) bond motifs is 2. The van der Waals surface area contributed by atoms with Crippen LogP contribution in [0.3, 0.4) is 0 Å². The van der Waals surface area contributed by atoms with E-state index in [1.807, 2.05) is 0 Å². The van der Waals surface area contributed by atoms with Crippen LogP contribution < -0.4 is 4.74 Å². The highest BCUT2D eigenvalue weighted by Crippen LogP contribution is 2.43. The molecule has 0 fully saturated rings. The summed E-state index contributed by atoms with van der Waals surface area (Å²) >= 11 is 7.15. The summed E-state index contributed by atoms with van der Waals surface area (Å²) in [7, 11) is 1.74. The van der Waals surface area contributed by atoms with E-state index in [2.05, 4.69) is 99.4 Å². The lowest BCUT2D eigenvalue weighted by Crippen LogP contribution is -1.93. The molecule has 4 aromatic rings. The number of methoxy groups -OCH3 is 1. The van der Waals surface area contributed by atoms with Gasteiger partial charge in [0, 0.05) is 22.9 Å². The van der Waals surface area contributed by atoms with Crippen LogP contribution in [0.15, 0.2) is 69.6 Å². The van der Waals surface area contributed by atoms with E-state index in [-0.39, 0.29) is 8.41 Å². The maximum Gasteiger partial charge on any atom is 0.127 e. The van der Waals surface area contributed by atoms with E-state index in [1.54, 1.807) is 7.11 Å². The fourth-order valence-electron chi connectivity index (χ4n) is 3.45. The SMILES string of the molecule is COc1ccc2cc(Br)ccc2c1-c1c(C)ccc2cc(Br)ccc12.[B]. The summed E-state index contributed by atoms with van der Waals surface area (Å²) < 4.78 is 7.91. The summed E-state index contributed by atoms with van der Waals surface area (Å²) in [5.74, 6) is 0.897. The van der Waals surface area contributed by atoms with Crippen LogP contribution in [0.1, 0.15) is 5.56 Å². The van der Waals surface area contributed by atoms with Crippen molar-refractivity contribution < 1.29 is 4.74 Å². The van der Waals surface area contributed by atoms with Crippen LogP contribution in [0.2, 0.25) is 0 Å². The summed E-state index contributed by atoms with van der Waals surface area (Å²) in [5.41, 5.74) is 3.62.